The van der Waals surface area contributed by atoms with Crippen LogP contribution in [0.2, 0.25) is 0 Å². The molecule has 2 nitrogen and oxygen atoms in total. The normalized spacial score (nSPS) is 13.1. The first-order valence-electron chi connectivity index (χ1n) is 6.21. The summed E-state index contributed by atoms with van der Waals surface area (Å²) < 4.78 is 5.76. The molecule has 2 heteroatoms. The predicted molar refractivity (Wildman–Crippen MR) is 69.7 cm³/mol. The lowest BCUT2D eigenvalue weighted by Crippen LogP contribution is -2.32. The molecule has 0 N–H and O–H groups in total. The van der Waals surface area contributed by atoms with Crippen molar-refractivity contribution in [1.29, 1.82) is 0 Å². The summed E-state index contributed by atoms with van der Waals surface area (Å²) in [4.78, 5) is 12.0. The first-order chi connectivity index (χ1) is 8.02. The minimum atomic E-state index is -0.296. The van der Waals surface area contributed by atoms with E-state index in [1.54, 1.807) is 0 Å². The van der Waals surface area contributed by atoms with Gasteiger partial charge in [-0.25, -0.2) is 0 Å². The van der Waals surface area contributed by atoms with Crippen LogP contribution in [-0.2, 0) is 16.1 Å². The van der Waals surface area contributed by atoms with Crippen LogP contribution in [0.25, 0.3) is 0 Å². The summed E-state index contributed by atoms with van der Waals surface area (Å²) in [6.45, 7) is 8.39. The van der Waals surface area contributed by atoms with Gasteiger partial charge in [0.25, 0.3) is 0 Å². The SMILES string of the molecule is CC(C)C(=O)[C@H](OCc1ccccc1)C(C)C. The zero-order valence-corrected chi connectivity index (χ0v) is 11.1. The molecule has 0 aliphatic heterocycles. The Morgan fingerprint density at radius 2 is 1.71 bits per heavy atom. The van der Waals surface area contributed by atoms with Gasteiger partial charge in [0.05, 0.1) is 6.61 Å². The Kier molecular flexibility index (Phi) is 5.36. The average molecular weight is 234 g/mol. The maximum absolute atomic E-state index is 12.0. The molecular formula is C15H22O2. The lowest BCUT2D eigenvalue weighted by molar-refractivity contribution is -0.137. The van der Waals surface area contributed by atoms with Crippen molar-refractivity contribution in [2.75, 3.05) is 0 Å². The van der Waals surface area contributed by atoms with E-state index in [2.05, 4.69) is 0 Å². The van der Waals surface area contributed by atoms with Gasteiger partial charge in [-0.3, -0.25) is 4.79 Å². The van der Waals surface area contributed by atoms with Crippen LogP contribution in [0, 0.1) is 11.8 Å². The molecule has 1 rings (SSSR count). The number of hydrogen-bond acceptors (Lipinski definition) is 2. The summed E-state index contributed by atoms with van der Waals surface area (Å²) in [5.41, 5.74) is 1.11. The van der Waals surface area contributed by atoms with Gasteiger partial charge in [-0.05, 0) is 11.5 Å². The zero-order valence-electron chi connectivity index (χ0n) is 11.1. The molecule has 0 fully saturated rings. The van der Waals surface area contributed by atoms with Gasteiger partial charge < -0.3 is 4.74 Å². The topological polar surface area (TPSA) is 26.3 Å². The number of ether oxygens (including phenoxy) is 1. The van der Waals surface area contributed by atoms with Crippen LogP contribution in [0.15, 0.2) is 30.3 Å². The second kappa shape index (κ2) is 6.55. The van der Waals surface area contributed by atoms with Crippen LogP contribution in [0.1, 0.15) is 33.3 Å². The molecule has 0 amide bonds. The van der Waals surface area contributed by atoms with Gasteiger partial charge >= 0.3 is 0 Å². The number of rotatable bonds is 6. The highest BCUT2D eigenvalue weighted by molar-refractivity contribution is 5.85. The highest BCUT2D eigenvalue weighted by atomic mass is 16.5. The van der Waals surface area contributed by atoms with Crippen molar-refractivity contribution in [2.24, 2.45) is 11.8 Å². The van der Waals surface area contributed by atoms with Crippen molar-refractivity contribution < 1.29 is 9.53 Å². The highest BCUT2D eigenvalue weighted by Gasteiger charge is 2.24. The maximum atomic E-state index is 12.0. The first-order valence-corrected chi connectivity index (χ1v) is 6.21. The van der Waals surface area contributed by atoms with Crippen LogP contribution in [0.3, 0.4) is 0 Å². The molecule has 0 spiro atoms. The summed E-state index contributed by atoms with van der Waals surface area (Å²) in [6.07, 6.45) is -0.296. The minimum absolute atomic E-state index is 0.0261. The van der Waals surface area contributed by atoms with E-state index in [-0.39, 0.29) is 23.7 Å². The Morgan fingerprint density at radius 1 is 1.12 bits per heavy atom. The van der Waals surface area contributed by atoms with Crippen LogP contribution < -0.4 is 0 Å². The number of hydrogen-bond donors (Lipinski definition) is 0. The van der Waals surface area contributed by atoms with Crippen molar-refractivity contribution in [3.8, 4) is 0 Å². The lowest BCUT2D eigenvalue weighted by Gasteiger charge is -2.22. The largest absolute Gasteiger partial charge is 0.365 e. The monoisotopic (exact) mass is 234 g/mol. The number of Topliss-reactive ketones (excluding diaryl/α,β-unsaturated/α-hetero) is 1. The van der Waals surface area contributed by atoms with Crippen molar-refractivity contribution >= 4 is 5.78 Å². The fraction of sp³-hybridized carbons (Fsp3) is 0.533. The second-order valence-corrected chi connectivity index (χ2v) is 5.02. The molecule has 0 heterocycles. The van der Waals surface area contributed by atoms with Crippen LogP contribution in [0.5, 0.6) is 0 Å². The Balaban J connectivity index is 2.60. The van der Waals surface area contributed by atoms with E-state index in [1.807, 2.05) is 58.0 Å². The Bertz CT molecular complexity index is 341. The van der Waals surface area contributed by atoms with Crippen LogP contribution in [0.4, 0.5) is 0 Å². The third kappa shape index (κ3) is 4.31. The number of ketones is 1. The zero-order chi connectivity index (χ0) is 12.8. The third-order valence-corrected chi connectivity index (χ3v) is 2.73. The Morgan fingerprint density at radius 3 is 2.18 bits per heavy atom. The van der Waals surface area contributed by atoms with Crippen molar-refractivity contribution in [3.63, 3.8) is 0 Å². The standard InChI is InChI=1S/C15H22O2/c1-11(2)14(16)15(12(3)4)17-10-13-8-6-5-7-9-13/h5-9,11-12,15H,10H2,1-4H3/t15-/m1/s1. The molecule has 0 aliphatic carbocycles. The van der Waals surface area contributed by atoms with E-state index in [1.165, 1.54) is 0 Å². The molecule has 0 aliphatic rings. The molecule has 1 atom stereocenters. The highest BCUT2D eigenvalue weighted by Crippen LogP contribution is 2.15. The van der Waals surface area contributed by atoms with Crippen molar-refractivity contribution in [3.05, 3.63) is 35.9 Å². The summed E-state index contributed by atoms with van der Waals surface area (Å²) >= 11 is 0. The summed E-state index contributed by atoms with van der Waals surface area (Å²) in [5.74, 6) is 0.433. The summed E-state index contributed by atoms with van der Waals surface area (Å²) in [5, 5.41) is 0. The molecule has 1 aromatic rings. The fourth-order valence-electron chi connectivity index (χ4n) is 1.69. The molecule has 0 saturated heterocycles. The number of benzene rings is 1. The van der Waals surface area contributed by atoms with E-state index in [9.17, 15) is 4.79 Å². The predicted octanol–water partition coefficient (Wildman–Crippen LogP) is 3.45. The molecule has 0 saturated carbocycles. The molecule has 17 heavy (non-hydrogen) atoms. The smallest absolute Gasteiger partial charge is 0.164 e. The molecule has 1 aromatic carbocycles. The fourth-order valence-corrected chi connectivity index (χ4v) is 1.69. The number of carbonyl (C=O) groups is 1. The summed E-state index contributed by atoms with van der Waals surface area (Å²) in [7, 11) is 0. The van der Waals surface area contributed by atoms with Gasteiger partial charge in [-0.2, -0.15) is 0 Å². The van der Waals surface area contributed by atoms with Gasteiger partial charge in [-0.15, -0.1) is 0 Å². The van der Waals surface area contributed by atoms with Crippen molar-refractivity contribution in [1.82, 2.24) is 0 Å². The molecule has 94 valence electrons. The molecule has 0 aromatic heterocycles. The molecule has 0 unspecified atom stereocenters. The van der Waals surface area contributed by atoms with Crippen LogP contribution in [-0.4, -0.2) is 11.9 Å². The first kappa shape index (κ1) is 13.9. The minimum Gasteiger partial charge on any atom is -0.365 e. The van der Waals surface area contributed by atoms with Gasteiger partial charge in [0.1, 0.15) is 6.10 Å². The average Bonchev–Trinajstić information content (AvgIpc) is 2.29. The summed E-state index contributed by atoms with van der Waals surface area (Å²) in [6, 6.07) is 9.96. The Hall–Kier alpha value is -1.15. The van der Waals surface area contributed by atoms with Gasteiger partial charge in [0.15, 0.2) is 5.78 Å². The van der Waals surface area contributed by atoms with E-state index >= 15 is 0 Å². The third-order valence-electron chi connectivity index (χ3n) is 2.73. The maximum Gasteiger partial charge on any atom is 0.164 e. The van der Waals surface area contributed by atoms with E-state index in [0.29, 0.717) is 6.61 Å². The molecule has 0 radical (unpaired) electrons. The van der Waals surface area contributed by atoms with E-state index in [4.69, 9.17) is 4.74 Å². The lowest BCUT2D eigenvalue weighted by atomic mass is 9.95. The quantitative estimate of drug-likeness (QED) is 0.753. The van der Waals surface area contributed by atoms with Gasteiger partial charge in [-0.1, -0.05) is 58.0 Å². The van der Waals surface area contributed by atoms with Crippen LogP contribution >= 0.6 is 0 Å². The molecular weight excluding hydrogens is 212 g/mol. The van der Waals surface area contributed by atoms with E-state index < -0.39 is 0 Å². The molecule has 0 bridgehead atoms. The van der Waals surface area contributed by atoms with Crippen molar-refractivity contribution in [2.45, 2.75) is 40.4 Å². The van der Waals surface area contributed by atoms with E-state index in [0.717, 1.165) is 5.56 Å². The number of carbonyl (C=O) groups excluding carboxylic acids is 1. The van der Waals surface area contributed by atoms with Gasteiger partial charge in [0.2, 0.25) is 0 Å². The Labute approximate surface area is 104 Å². The second-order valence-electron chi connectivity index (χ2n) is 5.02. The van der Waals surface area contributed by atoms with Gasteiger partial charge in [0, 0.05) is 5.92 Å².